The minimum absolute atomic E-state index is 0.0677. The van der Waals surface area contributed by atoms with Crippen molar-refractivity contribution in [2.75, 3.05) is 0 Å². The summed E-state index contributed by atoms with van der Waals surface area (Å²) in [4.78, 5) is 35.8. The molecule has 1 aromatic heterocycles. The lowest BCUT2D eigenvalue weighted by atomic mass is 10.1. The van der Waals surface area contributed by atoms with Gasteiger partial charge in [-0.1, -0.05) is 30.3 Å². The number of carbonyl (C=O) groups is 1. The van der Waals surface area contributed by atoms with E-state index in [1.165, 1.54) is 30.3 Å². The second-order valence-electron chi connectivity index (χ2n) is 5.67. The maximum Gasteiger partial charge on any atom is 0.331 e. The molecule has 6 nitrogen and oxygen atoms in total. The number of aryl methyl sites for hydroxylation is 1. The maximum absolute atomic E-state index is 12.3. The van der Waals surface area contributed by atoms with Crippen LogP contribution >= 0.6 is 0 Å². The van der Waals surface area contributed by atoms with Gasteiger partial charge in [-0.05, 0) is 25.3 Å². The number of hydrogen-bond donors (Lipinski definition) is 1. The number of benzene rings is 1. The van der Waals surface area contributed by atoms with Crippen molar-refractivity contribution in [2.45, 2.75) is 25.8 Å². The molecular weight excluding hydrogens is 294 g/mol. The number of carbonyl (C=O) groups excluding carboxylic acids is 1. The zero-order valence-corrected chi connectivity index (χ0v) is 13.6. The predicted octanol–water partition coefficient (Wildman–Crippen LogP) is 0.835. The van der Waals surface area contributed by atoms with Crippen molar-refractivity contribution in [1.82, 2.24) is 14.5 Å². The van der Waals surface area contributed by atoms with Gasteiger partial charge in [0.25, 0.3) is 11.5 Å². The molecule has 1 heterocycles. The molecule has 6 heteroatoms. The third-order valence-electron chi connectivity index (χ3n) is 3.84. The molecule has 1 N–H and O–H groups in total. The smallest absolute Gasteiger partial charge is 0.331 e. The highest BCUT2D eigenvalue weighted by atomic mass is 16.2. The molecule has 23 heavy (non-hydrogen) atoms. The van der Waals surface area contributed by atoms with Crippen LogP contribution in [0.3, 0.4) is 0 Å². The van der Waals surface area contributed by atoms with Crippen molar-refractivity contribution in [3.63, 3.8) is 0 Å². The third-order valence-corrected chi connectivity index (χ3v) is 3.84. The minimum Gasteiger partial charge on any atom is -0.348 e. The van der Waals surface area contributed by atoms with Gasteiger partial charge < -0.3 is 5.32 Å². The van der Waals surface area contributed by atoms with Gasteiger partial charge in [-0.3, -0.25) is 18.7 Å². The van der Waals surface area contributed by atoms with E-state index in [0.717, 1.165) is 17.4 Å². The Morgan fingerprint density at radius 2 is 1.78 bits per heavy atom. The maximum atomic E-state index is 12.3. The van der Waals surface area contributed by atoms with Gasteiger partial charge in [0.2, 0.25) is 0 Å². The molecule has 0 spiro atoms. The van der Waals surface area contributed by atoms with Crippen molar-refractivity contribution in [3.8, 4) is 0 Å². The minimum atomic E-state index is -0.514. The first-order valence-corrected chi connectivity index (χ1v) is 7.52. The SMILES string of the molecule is CC(CCc1ccccc1)NC(=O)c1cc(=O)n(C)c(=O)n1C. The van der Waals surface area contributed by atoms with Gasteiger partial charge in [0.1, 0.15) is 5.69 Å². The summed E-state index contributed by atoms with van der Waals surface area (Å²) in [6.45, 7) is 1.90. The van der Waals surface area contributed by atoms with Crippen LogP contribution in [0, 0.1) is 0 Å². The van der Waals surface area contributed by atoms with E-state index in [-0.39, 0.29) is 11.7 Å². The number of amides is 1. The van der Waals surface area contributed by atoms with Crippen molar-refractivity contribution in [1.29, 1.82) is 0 Å². The summed E-state index contributed by atoms with van der Waals surface area (Å²) < 4.78 is 2.15. The molecule has 0 radical (unpaired) electrons. The van der Waals surface area contributed by atoms with Crippen LogP contribution < -0.4 is 16.6 Å². The first-order valence-electron chi connectivity index (χ1n) is 7.52. The summed E-state index contributed by atoms with van der Waals surface area (Å²) in [6, 6.07) is 11.1. The number of aromatic nitrogens is 2. The summed E-state index contributed by atoms with van der Waals surface area (Å²) in [7, 11) is 2.86. The lowest BCUT2D eigenvalue weighted by Gasteiger charge is -2.15. The van der Waals surface area contributed by atoms with Gasteiger partial charge in [0, 0.05) is 26.2 Å². The average molecular weight is 315 g/mol. The van der Waals surface area contributed by atoms with E-state index in [4.69, 9.17) is 0 Å². The second-order valence-corrected chi connectivity index (χ2v) is 5.67. The monoisotopic (exact) mass is 315 g/mol. The van der Waals surface area contributed by atoms with E-state index < -0.39 is 17.2 Å². The van der Waals surface area contributed by atoms with Crippen LogP contribution in [0.4, 0.5) is 0 Å². The number of nitrogens with one attached hydrogen (secondary N) is 1. The third kappa shape index (κ3) is 3.97. The summed E-state index contributed by atoms with van der Waals surface area (Å²) in [5.74, 6) is -0.414. The zero-order chi connectivity index (χ0) is 17.0. The van der Waals surface area contributed by atoms with Crippen LogP contribution in [0.25, 0.3) is 0 Å². The molecule has 1 atom stereocenters. The van der Waals surface area contributed by atoms with Gasteiger partial charge in [-0.25, -0.2) is 4.79 Å². The van der Waals surface area contributed by atoms with Crippen LogP contribution in [0.15, 0.2) is 46.0 Å². The highest BCUT2D eigenvalue weighted by Crippen LogP contribution is 2.05. The second kappa shape index (κ2) is 7.09. The molecule has 0 bridgehead atoms. The molecule has 0 aliphatic rings. The zero-order valence-electron chi connectivity index (χ0n) is 13.6. The molecule has 0 saturated heterocycles. The van der Waals surface area contributed by atoms with Crippen LogP contribution in [0.1, 0.15) is 29.4 Å². The number of hydrogen-bond acceptors (Lipinski definition) is 3. The molecule has 1 unspecified atom stereocenters. The highest BCUT2D eigenvalue weighted by molar-refractivity contribution is 5.92. The normalized spacial score (nSPS) is 12.0. The van der Waals surface area contributed by atoms with Gasteiger partial charge in [0.05, 0.1) is 0 Å². The number of nitrogens with zero attached hydrogens (tertiary/aromatic N) is 2. The Hall–Kier alpha value is -2.63. The van der Waals surface area contributed by atoms with E-state index in [9.17, 15) is 14.4 Å². The largest absolute Gasteiger partial charge is 0.348 e. The number of rotatable bonds is 5. The summed E-state index contributed by atoms with van der Waals surface area (Å²) in [5.41, 5.74) is 0.272. The average Bonchev–Trinajstić information content (AvgIpc) is 2.55. The Morgan fingerprint density at radius 3 is 2.43 bits per heavy atom. The Bertz CT molecular complexity index is 806. The predicted molar refractivity (Wildman–Crippen MR) is 88.6 cm³/mol. The van der Waals surface area contributed by atoms with Gasteiger partial charge >= 0.3 is 5.69 Å². The van der Waals surface area contributed by atoms with Crippen molar-refractivity contribution < 1.29 is 4.79 Å². The van der Waals surface area contributed by atoms with Crippen LogP contribution in [-0.4, -0.2) is 21.1 Å². The molecule has 0 fully saturated rings. The standard InChI is InChI=1S/C17H21N3O3/c1-12(9-10-13-7-5-4-6-8-13)18-16(22)14-11-15(21)20(3)17(23)19(14)2/h4-8,11-12H,9-10H2,1-3H3,(H,18,22). The van der Waals surface area contributed by atoms with Crippen LogP contribution in [0.5, 0.6) is 0 Å². The van der Waals surface area contributed by atoms with E-state index in [1.807, 2.05) is 37.3 Å². The molecule has 0 aliphatic carbocycles. The van der Waals surface area contributed by atoms with E-state index >= 15 is 0 Å². The van der Waals surface area contributed by atoms with Gasteiger partial charge in [0.15, 0.2) is 0 Å². The Balaban J connectivity index is 2.04. The van der Waals surface area contributed by atoms with Gasteiger partial charge in [-0.15, -0.1) is 0 Å². The molecule has 1 aromatic carbocycles. The van der Waals surface area contributed by atoms with E-state index in [0.29, 0.717) is 0 Å². The van der Waals surface area contributed by atoms with E-state index in [2.05, 4.69) is 5.32 Å². The fourth-order valence-electron chi connectivity index (χ4n) is 2.35. The van der Waals surface area contributed by atoms with Crippen molar-refractivity contribution >= 4 is 5.91 Å². The van der Waals surface area contributed by atoms with E-state index in [1.54, 1.807) is 0 Å². The summed E-state index contributed by atoms with van der Waals surface area (Å²) in [5, 5.41) is 2.83. The lowest BCUT2D eigenvalue weighted by molar-refractivity contribution is 0.0928. The topological polar surface area (TPSA) is 73.1 Å². The Kier molecular flexibility index (Phi) is 5.16. The molecule has 2 rings (SSSR count). The van der Waals surface area contributed by atoms with Crippen LogP contribution in [0.2, 0.25) is 0 Å². The molecule has 1 amide bonds. The fraction of sp³-hybridized carbons (Fsp3) is 0.353. The Morgan fingerprint density at radius 1 is 1.13 bits per heavy atom. The molecular formula is C17H21N3O3. The fourth-order valence-corrected chi connectivity index (χ4v) is 2.35. The molecule has 122 valence electrons. The van der Waals surface area contributed by atoms with Crippen molar-refractivity contribution in [3.05, 3.63) is 68.5 Å². The Labute approximate surface area is 134 Å². The first kappa shape index (κ1) is 16.7. The van der Waals surface area contributed by atoms with Gasteiger partial charge in [-0.2, -0.15) is 0 Å². The highest BCUT2D eigenvalue weighted by Gasteiger charge is 2.15. The summed E-state index contributed by atoms with van der Waals surface area (Å²) in [6.07, 6.45) is 1.62. The lowest BCUT2D eigenvalue weighted by Crippen LogP contribution is -2.42. The molecule has 0 aliphatic heterocycles. The molecule has 0 saturated carbocycles. The van der Waals surface area contributed by atoms with Crippen LogP contribution in [-0.2, 0) is 20.5 Å². The quantitative estimate of drug-likeness (QED) is 0.888. The first-order chi connectivity index (χ1) is 10.9. The van der Waals surface area contributed by atoms with Crippen molar-refractivity contribution in [2.24, 2.45) is 14.1 Å². The summed E-state index contributed by atoms with van der Waals surface area (Å²) >= 11 is 0. The molecule has 2 aromatic rings.